The van der Waals surface area contributed by atoms with E-state index < -0.39 is 0 Å². The van der Waals surface area contributed by atoms with E-state index >= 15 is 0 Å². The lowest BCUT2D eigenvalue weighted by molar-refractivity contribution is 0.425. The molecule has 7 heteroatoms. The van der Waals surface area contributed by atoms with E-state index in [-0.39, 0.29) is 12.4 Å². The number of nitrogens with zero attached hydrogens (tertiary/aromatic N) is 3. The average molecular weight is 508 g/mol. The Morgan fingerprint density at radius 2 is 1.97 bits per heavy atom. The van der Waals surface area contributed by atoms with Gasteiger partial charge in [-0.15, -0.1) is 22.6 Å². The van der Waals surface area contributed by atoms with Gasteiger partial charge < -0.3 is 9.88 Å². The number of benzene rings is 2. The van der Waals surface area contributed by atoms with Crippen LogP contribution in [0.5, 0.6) is 0 Å². The summed E-state index contributed by atoms with van der Waals surface area (Å²) in [6.07, 6.45) is 4.82. The van der Waals surface area contributed by atoms with Crippen LogP contribution < -0.4 is 5.32 Å². The lowest BCUT2D eigenvalue weighted by Gasteiger charge is -2.25. The maximum atomic E-state index is 4.36. The first-order valence-corrected chi connectivity index (χ1v) is 12.0. The van der Waals surface area contributed by atoms with Crippen LogP contribution in [0.1, 0.15) is 24.0 Å². The smallest absolute Gasteiger partial charge is 0.191 e. The molecule has 0 saturated carbocycles. The molecule has 4 nitrogen and oxygen atoms in total. The molecule has 2 aromatic carbocycles. The molecule has 1 unspecified atom stereocenters. The van der Waals surface area contributed by atoms with E-state index in [1.165, 1.54) is 34.9 Å². The lowest BCUT2D eigenvalue weighted by Crippen LogP contribution is -2.28. The van der Waals surface area contributed by atoms with E-state index in [0.717, 1.165) is 47.7 Å². The molecule has 1 aliphatic rings. The van der Waals surface area contributed by atoms with Crippen LogP contribution in [-0.2, 0) is 19.9 Å². The quantitative estimate of drug-likeness (QED) is 0.321. The highest BCUT2D eigenvalue weighted by atomic mass is 79.9. The summed E-state index contributed by atoms with van der Waals surface area (Å²) < 4.78 is 3.29. The van der Waals surface area contributed by atoms with Crippen LogP contribution in [0.4, 0.5) is 0 Å². The van der Waals surface area contributed by atoms with Crippen molar-refractivity contribution in [3.8, 4) is 11.4 Å². The fourth-order valence-electron chi connectivity index (χ4n) is 3.92. The standard InChI is InChI=1S/C23H27BrN4S.ClH/c1-28-22(18-6-3-2-4-7-18)26-27-23(28)29-13-5-12-25-16-17-8-9-20-15-21(24)11-10-19(20)14-17;/h2-4,6-7,10-11,15,17,25H,5,8-9,12-14,16H2,1H3;1H. The average Bonchev–Trinajstić information content (AvgIpc) is 3.11. The number of aromatic nitrogens is 3. The number of halogens is 2. The number of rotatable bonds is 8. The third kappa shape index (κ3) is 5.88. The molecule has 0 amide bonds. The summed E-state index contributed by atoms with van der Waals surface area (Å²) in [6, 6.07) is 17.0. The van der Waals surface area contributed by atoms with Crippen molar-refractivity contribution < 1.29 is 0 Å². The van der Waals surface area contributed by atoms with Crippen molar-refractivity contribution in [1.82, 2.24) is 20.1 Å². The van der Waals surface area contributed by atoms with Crippen LogP contribution in [0.25, 0.3) is 11.4 Å². The van der Waals surface area contributed by atoms with Gasteiger partial charge in [0.25, 0.3) is 0 Å². The minimum Gasteiger partial charge on any atom is -0.316 e. The van der Waals surface area contributed by atoms with Crippen molar-refractivity contribution in [3.63, 3.8) is 0 Å². The third-order valence-corrected chi connectivity index (χ3v) is 7.13. The van der Waals surface area contributed by atoms with Gasteiger partial charge in [0.1, 0.15) is 0 Å². The molecule has 3 aromatic rings. The van der Waals surface area contributed by atoms with Gasteiger partial charge in [0, 0.05) is 22.8 Å². The number of fused-ring (bicyclic) bond motifs is 1. The van der Waals surface area contributed by atoms with Crippen LogP contribution in [0, 0.1) is 5.92 Å². The topological polar surface area (TPSA) is 42.7 Å². The largest absolute Gasteiger partial charge is 0.316 e. The highest BCUT2D eigenvalue weighted by Gasteiger charge is 2.18. The van der Waals surface area contributed by atoms with Crippen molar-refractivity contribution in [2.75, 3.05) is 18.8 Å². The van der Waals surface area contributed by atoms with Gasteiger partial charge in [0.15, 0.2) is 11.0 Å². The Balaban J connectivity index is 0.00000256. The summed E-state index contributed by atoms with van der Waals surface area (Å²) in [5, 5.41) is 13.4. The van der Waals surface area contributed by atoms with E-state index in [1.54, 1.807) is 11.8 Å². The zero-order valence-electron chi connectivity index (χ0n) is 17.2. The van der Waals surface area contributed by atoms with E-state index in [2.05, 4.69) is 66.3 Å². The third-order valence-electron chi connectivity index (χ3n) is 5.53. The summed E-state index contributed by atoms with van der Waals surface area (Å²) in [4.78, 5) is 0. The molecule has 1 aliphatic carbocycles. The van der Waals surface area contributed by atoms with Crippen LogP contribution in [-0.4, -0.2) is 33.6 Å². The van der Waals surface area contributed by atoms with E-state index in [1.807, 2.05) is 25.2 Å². The maximum absolute atomic E-state index is 4.36. The predicted molar refractivity (Wildman–Crippen MR) is 132 cm³/mol. The predicted octanol–water partition coefficient (Wildman–Crippen LogP) is 5.54. The van der Waals surface area contributed by atoms with Crippen molar-refractivity contribution in [2.24, 2.45) is 13.0 Å². The van der Waals surface area contributed by atoms with E-state index in [0.29, 0.717) is 0 Å². The molecule has 0 radical (unpaired) electrons. The van der Waals surface area contributed by atoms with E-state index in [4.69, 9.17) is 0 Å². The number of hydrogen-bond donors (Lipinski definition) is 1. The molecule has 0 fully saturated rings. The van der Waals surface area contributed by atoms with Gasteiger partial charge >= 0.3 is 0 Å². The van der Waals surface area contributed by atoms with Gasteiger partial charge in [-0.25, -0.2) is 0 Å². The Hall–Kier alpha value is -1.34. The first-order chi connectivity index (χ1) is 14.2. The molecule has 4 rings (SSSR count). The summed E-state index contributed by atoms with van der Waals surface area (Å²) in [5.41, 5.74) is 4.15. The van der Waals surface area contributed by atoms with Crippen molar-refractivity contribution in [1.29, 1.82) is 0 Å². The second-order valence-corrected chi connectivity index (χ2v) is 9.64. The Labute approximate surface area is 197 Å². The monoisotopic (exact) mass is 506 g/mol. The summed E-state index contributed by atoms with van der Waals surface area (Å²) in [6.45, 7) is 2.17. The molecule has 0 saturated heterocycles. The number of aryl methyl sites for hydroxylation is 1. The van der Waals surface area contributed by atoms with Gasteiger partial charge in [-0.2, -0.15) is 0 Å². The Morgan fingerprint density at radius 1 is 1.13 bits per heavy atom. The van der Waals surface area contributed by atoms with Gasteiger partial charge in [-0.3, -0.25) is 0 Å². The fraction of sp³-hybridized carbons (Fsp3) is 0.391. The first-order valence-electron chi connectivity index (χ1n) is 10.3. The van der Waals surface area contributed by atoms with Crippen LogP contribution in [0.2, 0.25) is 0 Å². The summed E-state index contributed by atoms with van der Waals surface area (Å²) in [7, 11) is 2.04. The molecule has 1 heterocycles. The normalized spacial score (nSPS) is 15.5. The molecule has 0 spiro atoms. The molecule has 1 N–H and O–H groups in total. The minimum atomic E-state index is 0. The van der Waals surface area contributed by atoms with Gasteiger partial charge in [-0.1, -0.05) is 64.1 Å². The van der Waals surface area contributed by atoms with Crippen molar-refractivity contribution in [2.45, 2.75) is 30.8 Å². The minimum absolute atomic E-state index is 0. The second kappa shape index (κ2) is 11.3. The number of hydrogen-bond acceptors (Lipinski definition) is 4. The molecule has 1 atom stereocenters. The maximum Gasteiger partial charge on any atom is 0.191 e. The van der Waals surface area contributed by atoms with Crippen molar-refractivity contribution in [3.05, 3.63) is 64.1 Å². The highest BCUT2D eigenvalue weighted by Crippen LogP contribution is 2.28. The van der Waals surface area contributed by atoms with Gasteiger partial charge in [0.05, 0.1) is 0 Å². The SMILES string of the molecule is Cl.Cn1c(SCCCNCC2CCc3cc(Br)ccc3C2)nnc1-c1ccccc1. The fourth-order valence-corrected chi connectivity index (χ4v) is 5.18. The van der Waals surface area contributed by atoms with Crippen molar-refractivity contribution >= 4 is 40.1 Å². The number of thioether (sulfide) groups is 1. The lowest BCUT2D eigenvalue weighted by atomic mass is 9.84. The van der Waals surface area contributed by atoms with Gasteiger partial charge in [-0.05, 0) is 68.0 Å². The molecule has 1 aromatic heterocycles. The Kier molecular flexibility index (Phi) is 8.81. The molecule has 0 bridgehead atoms. The molecule has 160 valence electrons. The zero-order chi connectivity index (χ0) is 20.1. The molecule has 30 heavy (non-hydrogen) atoms. The highest BCUT2D eigenvalue weighted by molar-refractivity contribution is 9.10. The summed E-state index contributed by atoms with van der Waals surface area (Å²) >= 11 is 5.37. The molecular weight excluding hydrogens is 480 g/mol. The van der Waals surface area contributed by atoms with E-state index in [9.17, 15) is 0 Å². The zero-order valence-corrected chi connectivity index (χ0v) is 20.4. The Bertz CT molecular complexity index is 948. The molecular formula is C23H28BrClN4S. The Morgan fingerprint density at radius 3 is 2.80 bits per heavy atom. The molecule has 0 aliphatic heterocycles. The van der Waals surface area contributed by atoms with Gasteiger partial charge in [0.2, 0.25) is 0 Å². The van der Waals surface area contributed by atoms with Crippen LogP contribution in [0.15, 0.2) is 58.2 Å². The van der Waals surface area contributed by atoms with Crippen LogP contribution in [0.3, 0.4) is 0 Å². The second-order valence-electron chi connectivity index (χ2n) is 7.66. The first kappa shape index (κ1) is 23.3. The number of nitrogens with one attached hydrogen (secondary N) is 1. The summed E-state index contributed by atoms with van der Waals surface area (Å²) in [5.74, 6) is 2.73. The van der Waals surface area contributed by atoms with Crippen LogP contribution >= 0.6 is 40.1 Å².